The van der Waals surface area contributed by atoms with E-state index in [-0.39, 0.29) is 5.91 Å². The highest BCUT2D eigenvalue weighted by atomic mass is 16.4. The predicted octanol–water partition coefficient (Wildman–Crippen LogP) is 0.613. The highest BCUT2D eigenvalue weighted by Crippen LogP contribution is 2.18. The van der Waals surface area contributed by atoms with Gasteiger partial charge < -0.3 is 10.0 Å². The molecule has 5 heteroatoms. The standard InChI is InChI=1S/C10H14N2O3/c11-5-1-2-6-12-7-8(10(14)15)3-4-9(12)13/h8H,1-4,6-7H2,(H,14,15). The van der Waals surface area contributed by atoms with Gasteiger partial charge in [0.25, 0.3) is 0 Å². The Morgan fingerprint density at radius 1 is 1.67 bits per heavy atom. The number of piperidine rings is 1. The van der Waals surface area contributed by atoms with Gasteiger partial charge in [-0.2, -0.15) is 5.26 Å². The zero-order valence-electron chi connectivity index (χ0n) is 8.48. The lowest BCUT2D eigenvalue weighted by Crippen LogP contribution is -2.42. The van der Waals surface area contributed by atoms with Crippen molar-refractivity contribution in [3.8, 4) is 6.07 Å². The molecule has 1 unspecified atom stereocenters. The summed E-state index contributed by atoms with van der Waals surface area (Å²) in [5.41, 5.74) is 0. The van der Waals surface area contributed by atoms with E-state index in [1.807, 2.05) is 6.07 Å². The fraction of sp³-hybridized carbons (Fsp3) is 0.700. The van der Waals surface area contributed by atoms with E-state index in [1.165, 1.54) is 0 Å². The van der Waals surface area contributed by atoms with E-state index in [0.717, 1.165) is 0 Å². The van der Waals surface area contributed by atoms with Crippen molar-refractivity contribution < 1.29 is 14.7 Å². The molecule has 0 radical (unpaired) electrons. The van der Waals surface area contributed by atoms with Crippen LogP contribution < -0.4 is 0 Å². The Kier molecular flexibility index (Phi) is 4.10. The first-order chi connectivity index (χ1) is 7.15. The number of nitriles is 1. The lowest BCUT2D eigenvalue weighted by atomic mass is 9.97. The Labute approximate surface area is 88.3 Å². The smallest absolute Gasteiger partial charge is 0.308 e. The van der Waals surface area contributed by atoms with Gasteiger partial charge in [0.15, 0.2) is 0 Å². The van der Waals surface area contributed by atoms with Gasteiger partial charge in [0.2, 0.25) is 5.91 Å². The first-order valence-corrected chi connectivity index (χ1v) is 5.02. The average molecular weight is 210 g/mol. The van der Waals surface area contributed by atoms with Crippen LogP contribution in [0.3, 0.4) is 0 Å². The molecule has 0 aromatic rings. The molecule has 0 aliphatic carbocycles. The summed E-state index contributed by atoms with van der Waals surface area (Å²) in [6, 6.07) is 2.00. The van der Waals surface area contributed by atoms with Crippen LogP contribution in [0.5, 0.6) is 0 Å². The van der Waals surface area contributed by atoms with Gasteiger partial charge in [-0.05, 0) is 12.8 Å². The normalized spacial score (nSPS) is 21.1. The summed E-state index contributed by atoms with van der Waals surface area (Å²) < 4.78 is 0. The first-order valence-electron chi connectivity index (χ1n) is 5.02. The van der Waals surface area contributed by atoms with Crippen LogP contribution in [-0.4, -0.2) is 35.0 Å². The molecule has 0 bridgehead atoms. The van der Waals surface area contributed by atoms with E-state index in [2.05, 4.69) is 0 Å². The molecule has 1 aliphatic rings. The zero-order chi connectivity index (χ0) is 11.3. The maximum absolute atomic E-state index is 11.4. The minimum Gasteiger partial charge on any atom is -0.481 e. The number of carboxylic acid groups (broad SMARTS) is 1. The van der Waals surface area contributed by atoms with Crippen molar-refractivity contribution in [1.29, 1.82) is 5.26 Å². The molecule has 1 atom stereocenters. The van der Waals surface area contributed by atoms with E-state index in [9.17, 15) is 9.59 Å². The highest BCUT2D eigenvalue weighted by Gasteiger charge is 2.29. The van der Waals surface area contributed by atoms with E-state index < -0.39 is 11.9 Å². The summed E-state index contributed by atoms with van der Waals surface area (Å²) in [7, 11) is 0. The molecule has 0 saturated carbocycles. The Morgan fingerprint density at radius 2 is 2.40 bits per heavy atom. The van der Waals surface area contributed by atoms with E-state index in [0.29, 0.717) is 38.8 Å². The molecule has 0 aromatic heterocycles. The third-order valence-electron chi connectivity index (χ3n) is 2.57. The van der Waals surface area contributed by atoms with Gasteiger partial charge in [-0.25, -0.2) is 0 Å². The first kappa shape index (κ1) is 11.5. The van der Waals surface area contributed by atoms with Crippen LogP contribution in [0.15, 0.2) is 0 Å². The molecule has 1 fully saturated rings. The van der Waals surface area contributed by atoms with Crippen molar-refractivity contribution in [3.63, 3.8) is 0 Å². The number of hydrogen-bond acceptors (Lipinski definition) is 3. The Bertz CT molecular complexity index is 296. The fourth-order valence-electron chi connectivity index (χ4n) is 1.68. The zero-order valence-corrected chi connectivity index (χ0v) is 8.48. The summed E-state index contributed by atoms with van der Waals surface area (Å²) >= 11 is 0. The molecule has 0 aromatic carbocycles. The predicted molar refractivity (Wildman–Crippen MR) is 51.8 cm³/mol. The van der Waals surface area contributed by atoms with Crippen LogP contribution >= 0.6 is 0 Å². The van der Waals surface area contributed by atoms with Crippen molar-refractivity contribution in [2.24, 2.45) is 5.92 Å². The van der Waals surface area contributed by atoms with Crippen molar-refractivity contribution in [2.75, 3.05) is 13.1 Å². The minimum atomic E-state index is -0.840. The highest BCUT2D eigenvalue weighted by molar-refractivity contribution is 5.80. The van der Waals surface area contributed by atoms with E-state index >= 15 is 0 Å². The largest absolute Gasteiger partial charge is 0.481 e. The van der Waals surface area contributed by atoms with Crippen molar-refractivity contribution in [1.82, 2.24) is 4.90 Å². The quantitative estimate of drug-likeness (QED) is 0.689. The second kappa shape index (κ2) is 5.35. The summed E-state index contributed by atoms with van der Waals surface area (Å²) in [5.74, 6) is -1.27. The van der Waals surface area contributed by atoms with Gasteiger partial charge in [0.05, 0.1) is 12.0 Å². The molecule has 15 heavy (non-hydrogen) atoms. The second-order valence-corrected chi connectivity index (χ2v) is 3.68. The summed E-state index contributed by atoms with van der Waals surface area (Å²) in [4.78, 5) is 23.7. The van der Waals surface area contributed by atoms with Crippen LogP contribution in [0.25, 0.3) is 0 Å². The van der Waals surface area contributed by atoms with Gasteiger partial charge in [0.1, 0.15) is 0 Å². The van der Waals surface area contributed by atoms with E-state index in [1.54, 1.807) is 4.90 Å². The molecule has 82 valence electrons. The Hall–Kier alpha value is -1.57. The van der Waals surface area contributed by atoms with Crippen LogP contribution in [0, 0.1) is 17.2 Å². The topological polar surface area (TPSA) is 81.4 Å². The molecule has 0 spiro atoms. The third-order valence-corrected chi connectivity index (χ3v) is 2.57. The summed E-state index contributed by atoms with van der Waals surface area (Å²) in [5, 5.41) is 17.2. The number of carboxylic acids is 1. The maximum atomic E-state index is 11.4. The average Bonchev–Trinajstić information content (AvgIpc) is 2.20. The lowest BCUT2D eigenvalue weighted by molar-refractivity contribution is -0.147. The number of likely N-dealkylation sites (tertiary alicyclic amines) is 1. The van der Waals surface area contributed by atoms with Crippen LogP contribution in [0.1, 0.15) is 25.7 Å². The fourth-order valence-corrected chi connectivity index (χ4v) is 1.68. The van der Waals surface area contributed by atoms with Crippen molar-refractivity contribution in [2.45, 2.75) is 25.7 Å². The maximum Gasteiger partial charge on any atom is 0.308 e. The van der Waals surface area contributed by atoms with Crippen molar-refractivity contribution >= 4 is 11.9 Å². The number of carbonyl (C=O) groups excluding carboxylic acids is 1. The molecule has 1 aliphatic heterocycles. The second-order valence-electron chi connectivity index (χ2n) is 3.68. The number of carbonyl (C=O) groups is 2. The molecular formula is C10H14N2O3. The third kappa shape index (κ3) is 3.24. The van der Waals surface area contributed by atoms with Crippen LogP contribution in [0.2, 0.25) is 0 Å². The number of rotatable bonds is 4. The molecule has 1 N–H and O–H groups in total. The van der Waals surface area contributed by atoms with Gasteiger partial charge in [-0.15, -0.1) is 0 Å². The summed E-state index contributed by atoms with van der Waals surface area (Å²) in [6.45, 7) is 0.787. The molecule has 1 saturated heterocycles. The van der Waals surface area contributed by atoms with Crippen molar-refractivity contribution in [3.05, 3.63) is 0 Å². The number of nitrogens with zero attached hydrogens (tertiary/aromatic N) is 2. The van der Waals surface area contributed by atoms with Crippen LogP contribution in [-0.2, 0) is 9.59 Å². The van der Waals surface area contributed by atoms with Gasteiger partial charge in [-0.3, -0.25) is 9.59 Å². The monoisotopic (exact) mass is 210 g/mol. The van der Waals surface area contributed by atoms with Gasteiger partial charge in [0, 0.05) is 25.9 Å². The Morgan fingerprint density at radius 3 is 3.00 bits per heavy atom. The molecule has 1 amide bonds. The van der Waals surface area contributed by atoms with Crippen LogP contribution in [0.4, 0.5) is 0 Å². The minimum absolute atomic E-state index is 0.00504. The number of unbranched alkanes of at least 4 members (excludes halogenated alkanes) is 1. The Balaban J connectivity index is 2.43. The van der Waals surface area contributed by atoms with Gasteiger partial charge >= 0.3 is 5.97 Å². The molecular weight excluding hydrogens is 196 g/mol. The number of aliphatic carboxylic acids is 1. The van der Waals surface area contributed by atoms with E-state index in [4.69, 9.17) is 10.4 Å². The summed E-state index contributed by atoms with van der Waals surface area (Å²) in [6.07, 6.45) is 1.77. The number of amides is 1. The number of hydrogen-bond donors (Lipinski definition) is 1. The molecule has 1 rings (SSSR count). The SMILES string of the molecule is N#CCCCN1CC(C(=O)O)CCC1=O. The molecule has 5 nitrogen and oxygen atoms in total. The lowest BCUT2D eigenvalue weighted by Gasteiger charge is -2.30. The molecule has 1 heterocycles. The van der Waals surface area contributed by atoms with Gasteiger partial charge in [-0.1, -0.05) is 0 Å².